The Morgan fingerprint density at radius 3 is 2.15 bits per heavy atom. The van der Waals surface area contributed by atoms with E-state index < -0.39 is 36.2 Å². The number of hydrogen-bond acceptors (Lipinski definition) is 6. The van der Waals surface area contributed by atoms with Crippen molar-refractivity contribution in [1.82, 2.24) is 24.9 Å². The van der Waals surface area contributed by atoms with Gasteiger partial charge in [0, 0.05) is 19.1 Å². The second-order valence-electron chi connectivity index (χ2n) is 14.4. The molecule has 272 valence electrons. The van der Waals surface area contributed by atoms with Gasteiger partial charge in [-0.05, 0) is 62.4 Å². The van der Waals surface area contributed by atoms with Crippen LogP contribution in [0.1, 0.15) is 74.2 Å². The molecule has 4 amide bonds. The third-order valence-electron chi connectivity index (χ3n) is 11.2. The van der Waals surface area contributed by atoms with Gasteiger partial charge in [-0.3, -0.25) is 19.3 Å². The molecular weight excluding hydrogens is 654 g/mol. The summed E-state index contributed by atoms with van der Waals surface area (Å²) in [5.74, 6) is -0.928. The first-order chi connectivity index (χ1) is 25.4. The molecule has 0 radical (unpaired) electrons. The van der Waals surface area contributed by atoms with Crippen LogP contribution >= 0.6 is 0 Å². The number of hydrogen-bond donors (Lipinski definition) is 1. The maximum absolute atomic E-state index is 14.5. The van der Waals surface area contributed by atoms with Crippen LogP contribution in [0.15, 0.2) is 97.1 Å². The Bertz CT molecular complexity index is 1720. The molecule has 4 fully saturated rings. The fourth-order valence-corrected chi connectivity index (χ4v) is 8.31. The van der Waals surface area contributed by atoms with Crippen molar-refractivity contribution in [2.24, 2.45) is 0 Å². The molecule has 4 heterocycles. The first-order valence-electron chi connectivity index (χ1n) is 18.8. The molecule has 5 atom stereocenters. The van der Waals surface area contributed by atoms with E-state index in [1.807, 2.05) is 115 Å². The topological polar surface area (TPSA) is 103 Å². The van der Waals surface area contributed by atoms with Crippen molar-refractivity contribution >= 4 is 29.9 Å². The summed E-state index contributed by atoms with van der Waals surface area (Å²) in [4.78, 5) is 63.8. The van der Waals surface area contributed by atoms with Crippen LogP contribution < -0.4 is 5.32 Å². The molecule has 10 nitrogen and oxygen atoms in total. The number of rotatable bonds is 11. The fourth-order valence-electron chi connectivity index (χ4n) is 8.31. The van der Waals surface area contributed by atoms with E-state index in [1.165, 1.54) is 29.1 Å². The molecule has 1 unspecified atom stereocenters. The number of amides is 4. The van der Waals surface area contributed by atoms with E-state index in [0.29, 0.717) is 19.1 Å². The lowest BCUT2D eigenvalue weighted by atomic mass is 9.87. The van der Waals surface area contributed by atoms with Crippen LogP contribution in [-0.4, -0.2) is 100 Å². The van der Waals surface area contributed by atoms with Crippen molar-refractivity contribution in [3.63, 3.8) is 0 Å². The summed E-state index contributed by atoms with van der Waals surface area (Å²) < 4.78 is 5.54. The van der Waals surface area contributed by atoms with Crippen LogP contribution in [0.5, 0.6) is 0 Å². The normalized spacial score (nSPS) is 24.0. The van der Waals surface area contributed by atoms with E-state index in [1.54, 1.807) is 0 Å². The van der Waals surface area contributed by atoms with Gasteiger partial charge in [-0.2, -0.15) is 0 Å². The standard InChI is InChI=1S/C42H49N5O5/c1-30(32-16-8-3-9-17-32)43-40(49)36(28-38(48)45-26-22-34(23-27-45)44-24-12-5-13-25-44)46-35(21-20-31-14-6-2-7-15-31)39(41(46)50)47-37(29-52-42(47)51)33-18-10-4-11-19-33/h2-4,6-11,14-21,30,34-37,39H,5,12-13,22-29H2,1H3,(H,43,49)/b21-20+/t30-,35-,36?,37-,39+/m1/s1. The minimum atomic E-state index is -1.08. The molecule has 3 aromatic carbocycles. The van der Waals surface area contributed by atoms with Crippen molar-refractivity contribution in [3.8, 4) is 0 Å². The number of carbonyl (C=O) groups is 4. The first-order valence-corrected chi connectivity index (χ1v) is 18.8. The summed E-state index contributed by atoms with van der Waals surface area (Å²) >= 11 is 0. The number of likely N-dealkylation sites (tertiary alicyclic amines) is 3. The van der Waals surface area contributed by atoms with Crippen LogP contribution in [0, 0.1) is 0 Å². The molecule has 10 heteroatoms. The number of β-lactam (4-membered cyclic amide) rings is 1. The van der Waals surface area contributed by atoms with E-state index in [9.17, 15) is 19.2 Å². The highest BCUT2D eigenvalue weighted by molar-refractivity contribution is 5.99. The van der Waals surface area contributed by atoms with Crippen molar-refractivity contribution in [2.75, 3.05) is 32.8 Å². The summed E-state index contributed by atoms with van der Waals surface area (Å²) in [6.45, 7) is 5.50. The number of nitrogens with zero attached hydrogens (tertiary/aromatic N) is 4. The predicted octanol–water partition coefficient (Wildman–Crippen LogP) is 5.59. The molecule has 0 spiro atoms. The van der Waals surface area contributed by atoms with Gasteiger partial charge in [-0.1, -0.05) is 110 Å². The van der Waals surface area contributed by atoms with Crippen LogP contribution in [0.4, 0.5) is 4.79 Å². The SMILES string of the molecule is C[C@@H](NC(=O)C(CC(=O)N1CCC(N2CCCCC2)CC1)N1C(=O)[C@@H](N2C(=O)OC[C@@H]2c2ccccc2)[C@H]1/C=C/c1ccccc1)c1ccccc1. The number of piperidine rings is 2. The Hall–Kier alpha value is -4.96. The minimum absolute atomic E-state index is 0.117. The van der Waals surface area contributed by atoms with Crippen LogP contribution in [0.2, 0.25) is 0 Å². The van der Waals surface area contributed by atoms with Gasteiger partial charge in [0.05, 0.1) is 24.5 Å². The lowest BCUT2D eigenvalue weighted by Crippen LogP contribution is -2.74. The maximum atomic E-state index is 14.5. The minimum Gasteiger partial charge on any atom is -0.447 e. The van der Waals surface area contributed by atoms with Gasteiger partial charge in [0.25, 0.3) is 0 Å². The molecule has 4 aliphatic heterocycles. The lowest BCUT2D eigenvalue weighted by molar-refractivity contribution is -0.164. The Kier molecular flexibility index (Phi) is 11.0. The van der Waals surface area contributed by atoms with Gasteiger partial charge < -0.3 is 24.8 Å². The van der Waals surface area contributed by atoms with Gasteiger partial charge in [0.2, 0.25) is 17.7 Å². The zero-order valence-electron chi connectivity index (χ0n) is 29.9. The summed E-state index contributed by atoms with van der Waals surface area (Å²) in [5, 5.41) is 3.11. The Morgan fingerprint density at radius 1 is 0.846 bits per heavy atom. The molecular formula is C42H49N5O5. The number of cyclic esters (lactones) is 1. The van der Waals surface area contributed by atoms with Gasteiger partial charge in [-0.25, -0.2) is 4.79 Å². The molecule has 52 heavy (non-hydrogen) atoms. The largest absolute Gasteiger partial charge is 0.447 e. The zero-order valence-corrected chi connectivity index (χ0v) is 29.9. The molecule has 4 saturated heterocycles. The highest BCUT2D eigenvalue weighted by Crippen LogP contribution is 2.39. The summed E-state index contributed by atoms with van der Waals surface area (Å²) in [6, 6.07) is 25.9. The Labute approximate surface area is 306 Å². The third-order valence-corrected chi connectivity index (χ3v) is 11.2. The molecule has 0 aliphatic carbocycles. The average Bonchev–Trinajstić information content (AvgIpc) is 3.57. The second-order valence-corrected chi connectivity index (χ2v) is 14.4. The third kappa shape index (κ3) is 7.62. The van der Waals surface area contributed by atoms with Gasteiger partial charge in [0.15, 0.2) is 0 Å². The van der Waals surface area contributed by atoms with E-state index >= 15 is 0 Å². The number of ether oxygens (including phenoxy) is 1. The van der Waals surface area contributed by atoms with Crippen LogP contribution in [-0.2, 0) is 19.1 Å². The molecule has 1 N–H and O–H groups in total. The van der Waals surface area contributed by atoms with Gasteiger partial charge >= 0.3 is 6.09 Å². The van der Waals surface area contributed by atoms with Gasteiger partial charge in [0.1, 0.15) is 18.7 Å². The first kappa shape index (κ1) is 35.4. The van der Waals surface area contributed by atoms with Gasteiger partial charge in [-0.15, -0.1) is 0 Å². The highest BCUT2D eigenvalue weighted by Gasteiger charge is 2.58. The molecule has 7 rings (SSSR count). The molecule has 3 aromatic rings. The second kappa shape index (κ2) is 16.2. The van der Waals surface area contributed by atoms with Crippen molar-refractivity contribution < 1.29 is 23.9 Å². The fraction of sp³-hybridized carbons (Fsp3) is 0.429. The number of nitrogens with one attached hydrogen (secondary N) is 1. The zero-order chi connectivity index (χ0) is 36.0. The highest BCUT2D eigenvalue weighted by atomic mass is 16.6. The molecule has 0 bridgehead atoms. The van der Waals surface area contributed by atoms with E-state index in [0.717, 1.165) is 42.6 Å². The van der Waals surface area contributed by atoms with E-state index in [4.69, 9.17) is 4.74 Å². The maximum Gasteiger partial charge on any atom is 0.411 e. The molecule has 0 aromatic heterocycles. The Balaban J connectivity index is 1.17. The summed E-state index contributed by atoms with van der Waals surface area (Å²) in [5.41, 5.74) is 2.69. The van der Waals surface area contributed by atoms with Crippen LogP contribution in [0.25, 0.3) is 6.08 Å². The lowest BCUT2D eigenvalue weighted by Gasteiger charge is -2.52. The summed E-state index contributed by atoms with van der Waals surface area (Å²) in [7, 11) is 0. The Morgan fingerprint density at radius 2 is 1.48 bits per heavy atom. The average molecular weight is 704 g/mol. The van der Waals surface area contributed by atoms with Crippen molar-refractivity contribution in [3.05, 3.63) is 114 Å². The monoisotopic (exact) mass is 703 g/mol. The number of benzene rings is 3. The van der Waals surface area contributed by atoms with Crippen LogP contribution in [0.3, 0.4) is 0 Å². The number of carbonyl (C=O) groups excluding carboxylic acids is 4. The molecule has 0 saturated carbocycles. The van der Waals surface area contributed by atoms with E-state index in [2.05, 4.69) is 10.2 Å². The smallest absolute Gasteiger partial charge is 0.411 e. The summed E-state index contributed by atoms with van der Waals surface area (Å²) in [6.07, 6.45) is 8.60. The van der Waals surface area contributed by atoms with Crippen molar-refractivity contribution in [2.45, 2.75) is 81.7 Å². The predicted molar refractivity (Wildman–Crippen MR) is 199 cm³/mol. The molecule has 4 aliphatic rings. The van der Waals surface area contributed by atoms with Crippen molar-refractivity contribution in [1.29, 1.82) is 0 Å². The van der Waals surface area contributed by atoms with E-state index in [-0.39, 0.29) is 30.9 Å². The quantitative estimate of drug-likeness (QED) is 0.262.